The van der Waals surface area contributed by atoms with Gasteiger partial charge in [-0.1, -0.05) is 37.6 Å². The average molecular weight is 549 g/mol. The Morgan fingerprint density at radius 1 is 1.11 bits per heavy atom. The van der Waals surface area contributed by atoms with Crippen molar-refractivity contribution in [1.82, 2.24) is 9.97 Å². The monoisotopic (exact) mass is 548 g/mol. The van der Waals surface area contributed by atoms with Crippen molar-refractivity contribution in [3.8, 4) is 17.6 Å². The fourth-order valence-electron chi connectivity index (χ4n) is 3.40. The van der Waals surface area contributed by atoms with Crippen molar-refractivity contribution < 1.29 is 17.9 Å². The van der Waals surface area contributed by atoms with Crippen LogP contribution in [-0.4, -0.2) is 37.1 Å². The van der Waals surface area contributed by atoms with Crippen LogP contribution < -0.4 is 14.2 Å². The molecule has 2 aromatic carbocycles. The standard InChI is InChI=1S/C25H26Cl2N4O4S/c1-25(2,19-13-17(15-28)23(22(27)14-19)34-12-4-10-26)18-5-7-21(8-6-18)35-16-20-9-11-29-24(30-20)31-36(3,32)33/h5-9,11,13-14H,4,10,12,16H2,1-3H3,(H,29,30,31). The molecule has 0 aliphatic rings. The van der Waals surface area contributed by atoms with E-state index >= 15 is 0 Å². The molecule has 0 aliphatic carbocycles. The predicted molar refractivity (Wildman–Crippen MR) is 140 cm³/mol. The number of hydrogen-bond donors (Lipinski definition) is 1. The van der Waals surface area contributed by atoms with Crippen molar-refractivity contribution in [3.63, 3.8) is 0 Å². The van der Waals surface area contributed by atoms with Gasteiger partial charge in [-0.05, 0) is 47.9 Å². The lowest BCUT2D eigenvalue weighted by Crippen LogP contribution is -2.19. The van der Waals surface area contributed by atoms with E-state index in [4.69, 9.17) is 32.7 Å². The summed E-state index contributed by atoms with van der Waals surface area (Å²) >= 11 is 12.2. The molecule has 1 N–H and O–H groups in total. The minimum absolute atomic E-state index is 0.0124. The van der Waals surface area contributed by atoms with Gasteiger partial charge in [0.2, 0.25) is 16.0 Å². The van der Waals surface area contributed by atoms with E-state index in [0.29, 0.717) is 46.7 Å². The van der Waals surface area contributed by atoms with Gasteiger partial charge in [-0.25, -0.2) is 18.4 Å². The smallest absolute Gasteiger partial charge is 0.236 e. The predicted octanol–water partition coefficient (Wildman–Crippen LogP) is 5.29. The number of benzene rings is 2. The van der Waals surface area contributed by atoms with E-state index in [1.54, 1.807) is 12.1 Å². The number of anilines is 1. The van der Waals surface area contributed by atoms with Crippen molar-refractivity contribution in [3.05, 3.63) is 76.1 Å². The summed E-state index contributed by atoms with van der Waals surface area (Å²) in [6.07, 6.45) is 3.14. The largest absolute Gasteiger partial charge is 0.491 e. The highest BCUT2D eigenvalue weighted by molar-refractivity contribution is 7.91. The number of hydrogen-bond acceptors (Lipinski definition) is 7. The molecule has 11 heteroatoms. The van der Waals surface area contributed by atoms with Crippen LogP contribution in [0.1, 0.15) is 42.7 Å². The third-order valence-electron chi connectivity index (χ3n) is 5.36. The Morgan fingerprint density at radius 2 is 1.83 bits per heavy atom. The fourth-order valence-corrected chi connectivity index (χ4v) is 4.21. The van der Waals surface area contributed by atoms with Gasteiger partial charge in [0.05, 0.1) is 29.1 Å². The summed E-state index contributed by atoms with van der Waals surface area (Å²) in [5.74, 6) is 1.43. The third-order valence-corrected chi connectivity index (χ3v) is 6.46. The first-order chi connectivity index (χ1) is 17.0. The molecule has 0 amide bonds. The zero-order valence-electron chi connectivity index (χ0n) is 20.1. The normalized spacial score (nSPS) is 11.6. The number of aromatic nitrogens is 2. The van der Waals surface area contributed by atoms with Crippen LogP contribution in [0.4, 0.5) is 5.95 Å². The highest BCUT2D eigenvalue weighted by Crippen LogP contribution is 2.38. The maximum Gasteiger partial charge on any atom is 0.236 e. The summed E-state index contributed by atoms with van der Waals surface area (Å²) in [6, 6.07) is 15.0. The highest BCUT2D eigenvalue weighted by atomic mass is 35.5. The summed E-state index contributed by atoms with van der Waals surface area (Å²) in [5, 5.41) is 10.0. The van der Waals surface area contributed by atoms with Crippen molar-refractivity contribution in [2.45, 2.75) is 32.3 Å². The molecule has 0 spiro atoms. The summed E-state index contributed by atoms with van der Waals surface area (Å²) in [5.41, 5.74) is 2.30. The van der Waals surface area contributed by atoms with Crippen LogP contribution in [0.25, 0.3) is 0 Å². The van der Waals surface area contributed by atoms with Crippen LogP contribution in [0.2, 0.25) is 5.02 Å². The molecule has 0 saturated heterocycles. The topological polar surface area (TPSA) is 114 Å². The molecule has 190 valence electrons. The maximum atomic E-state index is 11.4. The summed E-state index contributed by atoms with van der Waals surface area (Å²) in [7, 11) is -3.47. The van der Waals surface area contributed by atoms with E-state index in [1.165, 1.54) is 6.20 Å². The van der Waals surface area contributed by atoms with Crippen molar-refractivity contribution >= 4 is 39.2 Å². The Balaban J connectivity index is 1.74. The average Bonchev–Trinajstić information content (AvgIpc) is 2.83. The number of nitrogens with zero attached hydrogens (tertiary/aromatic N) is 3. The third kappa shape index (κ3) is 7.23. The van der Waals surface area contributed by atoms with Gasteiger partial charge in [0.1, 0.15) is 18.4 Å². The SMILES string of the molecule is CC(C)(c1ccc(OCc2ccnc(NS(C)(=O)=O)n2)cc1)c1cc(Cl)c(OCCCCl)c(C#N)c1. The lowest BCUT2D eigenvalue weighted by molar-refractivity contribution is 0.301. The lowest BCUT2D eigenvalue weighted by Gasteiger charge is -2.27. The first kappa shape index (κ1) is 27.5. The zero-order chi connectivity index (χ0) is 26.3. The van der Waals surface area contributed by atoms with Gasteiger partial charge in [0.15, 0.2) is 5.75 Å². The Hall–Kier alpha value is -3.06. The van der Waals surface area contributed by atoms with E-state index in [0.717, 1.165) is 17.4 Å². The minimum atomic E-state index is -3.47. The molecule has 1 heterocycles. The molecule has 0 aliphatic heterocycles. The second-order valence-electron chi connectivity index (χ2n) is 8.52. The molecule has 3 aromatic rings. The van der Waals surface area contributed by atoms with Gasteiger partial charge >= 0.3 is 0 Å². The molecule has 3 rings (SSSR count). The summed E-state index contributed by atoms with van der Waals surface area (Å²) in [4.78, 5) is 8.03. The van der Waals surface area contributed by atoms with Gasteiger partial charge in [-0.2, -0.15) is 5.26 Å². The van der Waals surface area contributed by atoms with Crippen LogP contribution in [0, 0.1) is 11.3 Å². The van der Waals surface area contributed by atoms with E-state index in [-0.39, 0.29) is 12.6 Å². The fraction of sp³-hybridized carbons (Fsp3) is 0.320. The molecule has 0 fully saturated rings. The van der Waals surface area contributed by atoms with Crippen LogP contribution in [0.3, 0.4) is 0 Å². The number of halogens is 2. The summed E-state index contributed by atoms with van der Waals surface area (Å²) in [6.45, 7) is 4.60. The number of ether oxygens (including phenoxy) is 2. The Bertz CT molecular complexity index is 1360. The molecule has 0 radical (unpaired) electrons. The second kappa shape index (κ2) is 11.8. The number of rotatable bonds is 11. The van der Waals surface area contributed by atoms with E-state index in [1.807, 2.05) is 44.2 Å². The van der Waals surface area contributed by atoms with Gasteiger partial charge < -0.3 is 9.47 Å². The number of alkyl halides is 1. The summed E-state index contributed by atoms with van der Waals surface area (Å²) < 4.78 is 36.5. The number of nitriles is 1. The van der Waals surface area contributed by atoms with Gasteiger partial charge in [-0.3, -0.25) is 4.72 Å². The van der Waals surface area contributed by atoms with Crippen LogP contribution >= 0.6 is 23.2 Å². The van der Waals surface area contributed by atoms with Crippen molar-refractivity contribution in [1.29, 1.82) is 5.26 Å². The van der Waals surface area contributed by atoms with Crippen LogP contribution in [0.5, 0.6) is 11.5 Å². The molecular weight excluding hydrogens is 523 g/mol. The quantitative estimate of drug-likeness (QED) is 0.256. The van der Waals surface area contributed by atoms with Crippen LogP contribution in [-0.2, 0) is 22.0 Å². The number of sulfonamides is 1. The van der Waals surface area contributed by atoms with E-state index < -0.39 is 15.4 Å². The molecule has 0 atom stereocenters. The second-order valence-corrected chi connectivity index (χ2v) is 11.1. The molecular formula is C25H26Cl2N4O4S. The Kier molecular flexibility index (Phi) is 9.01. The Morgan fingerprint density at radius 3 is 2.47 bits per heavy atom. The highest BCUT2D eigenvalue weighted by Gasteiger charge is 2.26. The molecule has 1 aromatic heterocycles. The molecule has 36 heavy (non-hydrogen) atoms. The lowest BCUT2D eigenvalue weighted by atomic mass is 9.77. The van der Waals surface area contributed by atoms with Gasteiger partial charge in [-0.15, -0.1) is 11.6 Å². The van der Waals surface area contributed by atoms with Gasteiger partial charge in [0.25, 0.3) is 0 Å². The van der Waals surface area contributed by atoms with Gasteiger partial charge in [0, 0.05) is 17.5 Å². The van der Waals surface area contributed by atoms with Crippen molar-refractivity contribution in [2.75, 3.05) is 23.5 Å². The van der Waals surface area contributed by atoms with E-state index in [9.17, 15) is 13.7 Å². The first-order valence-electron chi connectivity index (χ1n) is 11.0. The molecule has 0 saturated carbocycles. The van der Waals surface area contributed by atoms with Crippen LogP contribution in [0.15, 0.2) is 48.7 Å². The first-order valence-corrected chi connectivity index (χ1v) is 13.8. The molecule has 8 nitrogen and oxygen atoms in total. The molecule has 0 bridgehead atoms. The molecule has 0 unspecified atom stereocenters. The van der Waals surface area contributed by atoms with Crippen molar-refractivity contribution in [2.24, 2.45) is 0 Å². The van der Waals surface area contributed by atoms with E-state index in [2.05, 4.69) is 20.8 Å². The maximum absolute atomic E-state index is 11.4. The number of nitrogens with one attached hydrogen (secondary N) is 1. The Labute approximate surface area is 221 Å². The zero-order valence-corrected chi connectivity index (χ0v) is 22.4. The minimum Gasteiger partial charge on any atom is -0.491 e.